The van der Waals surface area contributed by atoms with Crippen molar-refractivity contribution >= 4 is 18.8 Å². The molecule has 0 radical (unpaired) electrons. The van der Waals surface area contributed by atoms with Crippen LogP contribution >= 0.6 is 8.15 Å². The van der Waals surface area contributed by atoms with Gasteiger partial charge in [-0.15, -0.1) is 0 Å². The highest BCUT2D eigenvalue weighted by Gasteiger charge is 2.17. The Hall–Kier alpha value is -1.17. The van der Waals surface area contributed by atoms with E-state index in [4.69, 9.17) is 4.52 Å². The van der Waals surface area contributed by atoms with Crippen LogP contribution in [0.4, 0.5) is 0 Å². The lowest BCUT2D eigenvalue weighted by atomic mass is 10.2. The average molecular weight is 272 g/mol. The molecule has 0 fully saturated rings. The second kappa shape index (κ2) is 6.32. The van der Waals surface area contributed by atoms with Crippen molar-refractivity contribution < 1.29 is 4.52 Å². The number of aryl methyl sites for hydroxylation is 2. The van der Waals surface area contributed by atoms with Crippen molar-refractivity contribution in [2.45, 2.75) is 33.8 Å². The molecular formula is C17H21OP. The zero-order chi connectivity index (χ0) is 13.8. The van der Waals surface area contributed by atoms with Crippen LogP contribution in [0.1, 0.15) is 25.0 Å². The standard InChI is InChI=1S/C17H21OP/c1-13(2)18-19(16-9-5-7-14(3)11-16)17-10-6-8-15(4)12-17/h5-13H,1-4H3. The number of benzene rings is 2. The highest BCUT2D eigenvalue weighted by molar-refractivity contribution is 7.68. The number of hydrogen-bond donors (Lipinski definition) is 0. The van der Waals surface area contributed by atoms with Crippen LogP contribution in [-0.2, 0) is 4.52 Å². The molecule has 0 amide bonds. The highest BCUT2D eigenvalue weighted by atomic mass is 31.1. The van der Waals surface area contributed by atoms with Gasteiger partial charge < -0.3 is 4.52 Å². The maximum absolute atomic E-state index is 6.20. The van der Waals surface area contributed by atoms with Crippen LogP contribution in [-0.4, -0.2) is 6.10 Å². The van der Waals surface area contributed by atoms with Gasteiger partial charge in [0.1, 0.15) is 0 Å². The minimum atomic E-state index is -0.723. The molecule has 2 aromatic rings. The Balaban J connectivity index is 2.41. The molecule has 100 valence electrons. The van der Waals surface area contributed by atoms with E-state index < -0.39 is 8.15 Å². The van der Waals surface area contributed by atoms with Crippen LogP contribution < -0.4 is 10.6 Å². The quantitative estimate of drug-likeness (QED) is 0.762. The molecule has 2 aromatic carbocycles. The van der Waals surface area contributed by atoms with Gasteiger partial charge in [0.2, 0.25) is 0 Å². The highest BCUT2D eigenvalue weighted by Crippen LogP contribution is 2.36. The van der Waals surface area contributed by atoms with Gasteiger partial charge in [-0.3, -0.25) is 0 Å². The minimum absolute atomic E-state index is 0.229. The monoisotopic (exact) mass is 272 g/mol. The van der Waals surface area contributed by atoms with E-state index in [1.54, 1.807) is 0 Å². The summed E-state index contributed by atoms with van der Waals surface area (Å²) in [5.41, 5.74) is 2.56. The van der Waals surface area contributed by atoms with Crippen molar-refractivity contribution in [3.8, 4) is 0 Å². The fourth-order valence-corrected chi connectivity index (χ4v) is 4.04. The zero-order valence-electron chi connectivity index (χ0n) is 12.1. The molecule has 2 heteroatoms. The van der Waals surface area contributed by atoms with Crippen LogP contribution in [0.5, 0.6) is 0 Å². The van der Waals surface area contributed by atoms with E-state index >= 15 is 0 Å². The van der Waals surface area contributed by atoms with E-state index in [9.17, 15) is 0 Å². The molecule has 0 N–H and O–H groups in total. The second-order valence-electron chi connectivity index (χ2n) is 5.13. The molecule has 0 atom stereocenters. The number of hydrogen-bond acceptors (Lipinski definition) is 1. The van der Waals surface area contributed by atoms with Gasteiger partial charge in [0, 0.05) is 10.6 Å². The molecule has 19 heavy (non-hydrogen) atoms. The topological polar surface area (TPSA) is 9.23 Å². The third-order valence-corrected chi connectivity index (χ3v) is 4.92. The zero-order valence-corrected chi connectivity index (χ0v) is 12.9. The summed E-state index contributed by atoms with van der Waals surface area (Å²) in [7, 11) is -0.723. The fourth-order valence-electron chi connectivity index (χ4n) is 1.99. The Morgan fingerprint density at radius 2 is 1.32 bits per heavy atom. The first kappa shape index (κ1) is 14.2. The molecule has 1 nitrogen and oxygen atoms in total. The maximum atomic E-state index is 6.20. The second-order valence-corrected chi connectivity index (χ2v) is 6.96. The van der Waals surface area contributed by atoms with Crippen LogP contribution in [0.25, 0.3) is 0 Å². The summed E-state index contributed by atoms with van der Waals surface area (Å²) in [6.45, 7) is 8.45. The first-order valence-corrected chi connectivity index (χ1v) is 7.92. The molecule has 2 rings (SSSR count). The minimum Gasteiger partial charge on any atom is -0.347 e. The third-order valence-electron chi connectivity index (χ3n) is 2.79. The summed E-state index contributed by atoms with van der Waals surface area (Å²) >= 11 is 0. The largest absolute Gasteiger partial charge is 0.347 e. The van der Waals surface area contributed by atoms with Crippen molar-refractivity contribution in [1.82, 2.24) is 0 Å². The maximum Gasteiger partial charge on any atom is 0.0921 e. The van der Waals surface area contributed by atoms with E-state index in [0.717, 1.165) is 0 Å². The third kappa shape index (κ3) is 3.89. The predicted molar refractivity (Wildman–Crippen MR) is 84.8 cm³/mol. The lowest BCUT2D eigenvalue weighted by Gasteiger charge is -2.21. The normalized spacial score (nSPS) is 11.3. The Bertz CT molecular complexity index is 503. The molecule has 0 aliphatic carbocycles. The van der Waals surface area contributed by atoms with Gasteiger partial charge in [-0.25, -0.2) is 0 Å². The Morgan fingerprint density at radius 1 is 0.842 bits per heavy atom. The van der Waals surface area contributed by atoms with E-state index in [2.05, 4.69) is 76.2 Å². The molecule has 0 bridgehead atoms. The van der Waals surface area contributed by atoms with Crippen molar-refractivity contribution in [2.24, 2.45) is 0 Å². The van der Waals surface area contributed by atoms with Crippen LogP contribution in [0.15, 0.2) is 48.5 Å². The van der Waals surface area contributed by atoms with Crippen LogP contribution in [0.3, 0.4) is 0 Å². The lowest BCUT2D eigenvalue weighted by Crippen LogP contribution is -2.17. The van der Waals surface area contributed by atoms with E-state index in [-0.39, 0.29) is 6.10 Å². The van der Waals surface area contributed by atoms with Crippen molar-refractivity contribution in [3.63, 3.8) is 0 Å². The van der Waals surface area contributed by atoms with Gasteiger partial charge in [-0.2, -0.15) is 0 Å². The van der Waals surface area contributed by atoms with Gasteiger partial charge in [-0.1, -0.05) is 47.5 Å². The molecular weight excluding hydrogens is 251 g/mol. The van der Waals surface area contributed by atoms with Crippen molar-refractivity contribution in [1.29, 1.82) is 0 Å². The predicted octanol–water partition coefficient (Wildman–Crippen LogP) is 4.08. The summed E-state index contributed by atoms with van der Waals surface area (Å²) in [6, 6.07) is 17.3. The Kier molecular flexibility index (Phi) is 4.74. The van der Waals surface area contributed by atoms with Crippen molar-refractivity contribution in [3.05, 3.63) is 59.7 Å². The summed E-state index contributed by atoms with van der Waals surface area (Å²) in [5.74, 6) is 0. The van der Waals surface area contributed by atoms with E-state index in [0.29, 0.717) is 0 Å². The summed E-state index contributed by atoms with van der Waals surface area (Å²) < 4.78 is 6.20. The van der Waals surface area contributed by atoms with Gasteiger partial charge in [0.25, 0.3) is 0 Å². The molecule has 0 aliphatic rings. The van der Waals surface area contributed by atoms with E-state index in [1.165, 1.54) is 21.7 Å². The molecule has 0 saturated heterocycles. The first-order valence-electron chi connectivity index (χ1n) is 6.66. The van der Waals surface area contributed by atoms with Crippen LogP contribution in [0.2, 0.25) is 0 Å². The average Bonchev–Trinajstić information content (AvgIpc) is 2.35. The van der Waals surface area contributed by atoms with Gasteiger partial charge in [0.05, 0.1) is 14.3 Å². The molecule has 0 saturated carbocycles. The molecule has 0 aliphatic heterocycles. The number of rotatable bonds is 4. The first-order chi connectivity index (χ1) is 9.06. The van der Waals surface area contributed by atoms with Gasteiger partial charge in [-0.05, 0) is 39.8 Å². The van der Waals surface area contributed by atoms with Crippen LogP contribution in [0, 0.1) is 13.8 Å². The molecule has 0 spiro atoms. The lowest BCUT2D eigenvalue weighted by molar-refractivity contribution is 0.278. The summed E-state index contributed by atoms with van der Waals surface area (Å²) in [5, 5.41) is 2.57. The fraction of sp³-hybridized carbons (Fsp3) is 0.294. The van der Waals surface area contributed by atoms with E-state index in [1.807, 2.05) is 0 Å². The van der Waals surface area contributed by atoms with Gasteiger partial charge >= 0.3 is 0 Å². The summed E-state index contributed by atoms with van der Waals surface area (Å²) in [6.07, 6.45) is 0.229. The Labute approximate surface area is 117 Å². The SMILES string of the molecule is Cc1cccc(P(OC(C)C)c2cccc(C)c2)c1. The molecule has 0 unspecified atom stereocenters. The van der Waals surface area contributed by atoms with Gasteiger partial charge in [0.15, 0.2) is 0 Å². The molecule has 0 aromatic heterocycles. The van der Waals surface area contributed by atoms with Crippen molar-refractivity contribution in [2.75, 3.05) is 0 Å². The Morgan fingerprint density at radius 3 is 1.68 bits per heavy atom. The summed E-state index contributed by atoms with van der Waals surface area (Å²) in [4.78, 5) is 0. The molecule has 0 heterocycles. The smallest absolute Gasteiger partial charge is 0.0921 e.